The highest BCUT2D eigenvalue weighted by atomic mass is 16.3. The SMILES string of the molecule is CC(C)(O)Cc1ccc2c(c1)N(CC1CC1)CC2. The molecule has 1 aliphatic carbocycles. The number of nitrogens with zero attached hydrogens (tertiary/aromatic N) is 1. The van der Waals surface area contributed by atoms with Crippen LogP contribution in [0.15, 0.2) is 18.2 Å². The van der Waals surface area contributed by atoms with Gasteiger partial charge in [0.2, 0.25) is 0 Å². The Morgan fingerprint density at radius 2 is 2.11 bits per heavy atom. The quantitative estimate of drug-likeness (QED) is 0.881. The fraction of sp³-hybridized carbons (Fsp3) is 0.625. The van der Waals surface area contributed by atoms with E-state index in [1.807, 2.05) is 13.8 Å². The first-order valence-electron chi connectivity index (χ1n) is 7.10. The molecule has 2 aliphatic rings. The first-order valence-corrected chi connectivity index (χ1v) is 7.10. The second-order valence-corrected chi connectivity index (χ2v) is 6.59. The van der Waals surface area contributed by atoms with Crippen LogP contribution in [0.25, 0.3) is 0 Å². The van der Waals surface area contributed by atoms with E-state index in [1.165, 1.54) is 49.2 Å². The van der Waals surface area contributed by atoms with Gasteiger partial charge in [-0.25, -0.2) is 0 Å². The van der Waals surface area contributed by atoms with Crippen molar-refractivity contribution in [2.75, 3.05) is 18.0 Å². The molecular formula is C16H23NO. The predicted octanol–water partition coefficient (Wildman–Crippen LogP) is 2.77. The van der Waals surface area contributed by atoms with E-state index < -0.39 is 5.60 Å². The smallest absolute Gasteiger partial charge is 0.0631 e. The number of anilines is 1. The summed E-state index contributed by atoms with van der Waals surface area (Å²) in [5.41, 5.74) is 3.54. The molecule has 3 rings (SSSR count). The van der Waals surface area contributed by atoms with Crippen molar-refractivity contribution in [3.05, 3.63) is 29.3 Å². The zero-order valence-corrected chi connectivity index (χ0v) is 11.4. The lowest BCUT2D eigenvalue weighted by atomic mass is 9.97. The van der Waals surface area contributed by atoms with Gasteiger partial charge in [0.05, 0.1) is 5.60 Å². The largest absolute Gasteiger partial charge is 0.390 e. The van der Waals surface area contributed by atoms with Crippen molar-refractivity contribution in [2.45, 2.75) is 45.1 Å². The van der Waals surface area contributed by atoms with Crippen LogP contribution >= 0.6 is 0 Å². The molecule has 1 heterocycles. The maximum absolute atomic E-state index is 9.93. The molecule has 0 bridgehead atoms. The topological polar surface area (TPSA) is 23.5 Å². The summed E-state index contributed by atoms with van der Waals surface area (Å²) in [6, 6.07) is 6.73. The molecule has 18 heavy (non-hydrogen) atoms. The average molecular weight is 245 g/mol. The van der Waals surface area contributed by atoms with Gasteiger partial charge in [0.25, 0.3) is 0 Å². The number of hydrogen-bond donors (Lipinski definition) is 1. The summed E-state index contributed by atoms with van der Waals surface area (Å²) in [6.07, 6.45) is 4.74. The number of hydrogen-bond acceptors (Lipinski definition) is 2. The summed E-state index contributed by atoms with van der Waals surface area (Å²) < 4.78 is 0. The number of rotatable bonds is 4. The molecule has 2 nitrogen and oxygen atoms in total. The molecule has 1 fully saturated rings. The molecule has 0 spiro atoms. The van der Waals surface area contributed by atoms with E-state index in [0.29, 0.717) is 0 Å². The summed E-state index contributed by atoms with van der Waals surface area (Å²) in [6.45, 7) is 6.17. The lowest BCUT2D eigenvalue weighted by Gasteiger charge is -2.21. The van der Waals surface area contributed by atoms with E-state index in [1.54, 1.807) is 0 Å². The van der Waals surface area contributed by atoms with Crippen molar-refractivity contribution >= 4 is 5.69 Å². The van der Waals surface area contributed by atoms with Crippen LogP contribution in [0.2, 0.25) is 0 Å². The van der Waals surface area contributed by atoms with Crippen molar-refractivity contribution in [3.63, 3.8) is 0 Å². The second-order valence-electron chi connectivity index (χ2n) is 6.59. The van der Waals surface area contributed by atoms with Gasteiger partial charge in [-0.3, -0.25) is 0 Å². The Hall–Kier alpha value is -1.02. The average Bonchev–Trinajstić information content (AvgIpc) is 2.99. The van der Waals surface area contributed by atoms with E-state index in [2.05, 4.69) is 23.1 Å². The van der Waals surface area contributed by atoms with Gasteiger partial charge in [0, 0.05) is 25.2 Å². The minimum atomic E-state index is -0.617. The number of benzene rings is 1. The molecule has 0 unspecified atom stereocenters. The summed E-state index contributed by atoms with van der Waals surface area (Å²) in [5, 5.41) is 9.93. The van der Waals surface area contributed by atoms with Crippen molar-refractivity contribution in [1.29, 1.82) is 0 Å². The summed E-state index contributed by atoms with van der Waals surface area (Å²) in [5.74, 6) is 0.939. The van der Waals surface area contributed by atoms with Crippen molar-refractivity contribution in [1.82, 2.24) is 0 Å². The van der Waals surface area contributed by atoms with Crippen LogP contribution in [-0.2, 0) is 12.8 Å². The highest BCUT2D eigenvalue weighted by Gasteiger charge is 2.28. The molecule has 0 radical (unpaired) electrons. The highest BCUT2D eigenvalue weighted by molar-refractivity contribution is 5.59. The van der Waals surface area contributed by atoms with Crippen molar-refractivity contribution < 1.29 is 5.11 Å². The maximum atomic E-state index is 9.93. The Morgan fingerprint density at radius 1 is 1.33 bits per heavy atom. The normalized spacial score (nSPS) is 19.2. The molecule has 1 saturated carbocycles. The zero-order chi connectivity index (χ0) is 12.8. The van der Waals surface area contributed by atoms with Gasteiger partial charge in [-0.15, -0.1) is 0 Å². The first-order chi connectivity index (χ1) is 8.51. The first kappa shape index (κ1) is 12.0. The Kier molecular flexibility index (Phi) is 2.86. The lowest BCUT2D eigenvalue weighted by molar-refractivity contribution is 0.0810. The standard InChI is InChI=1S/C16H23NO/c1-16(2,18)10-13-5-6-14-7-8-17(15(14)9-13)11-12-3-4-12/h5-6,9,12,18H,3-4,7-8,10-11H2,1-2H3. The van der Waals surface area contributed by atoms with E-state index in [-0.39, 0.29) is 0 Å². The van der Waals surface area contributed by atoms with Crippen molar-refractivity contribution in [3.8, 4) is 0 Å². The van der Waals surface area contributed by atoms with Crippen LogP contribution in [0.4, 0.5) is 5.69 Å². The fourth-order valence-electron chi connectivity index (χ4n) is 2.90. The molecule has 1 aromatic carbocycles. The molecule has 0 aromatic heterocycles. The molecule has 1 N–H and O–H groups in total. The minimum absolute atomic E-state index is 0.617. The molecule has 0 atom stereocenters. The summed E-state index contributed by atoms with van der Waals surface area (Å²) >= 11 is 0. The van der Waals surface area contributed by atoms with E-state index in [9.17, 15) is 5.11 Å². The van der Waals surface area contributed by atoms with Crippen LogP contribution < -0.4 is 4.90 Å². The third kappa shape index (κ3) is 2.69. The molecule has 98 valence electrons. The Bertz CT molecular complexity index is 443. The Labute approximate surface area is 110 Å². The zero-order valence-electron chi connectivity index (χ0n) is 11.4. The third-order valence-corrected chi connectivity index (χ3v) is 3.95. The molecule has 0 amide bonds. The monoisotopic (exact) mass is 245 g/mol. The minimum Gasteiger partial charge on any atom is -0.390 e. The van der Waals surface area contributed by atoms with Gasteiger partial charge in [-0.2, -0.15) is 0 Å². The molecular weight excluding hydrogens is 222 g/mol. The predicted molar refractivity (Wildman–Crippen MR) is 75.1 cm³/mol. The van der Waals surface area contributed by atoms with Crippen LogP contribution in [0.3, 0.4) is 0 Å². The fourth-order valence-corrected chi connectivity index (χ4v) is 2.90. The van der Waals surface area contributed by atoms with E-state index in [4.69, 9.17) is 0 Å². The van der Waals surface area contributed by atoms with E-state index in [0.717, 1.165) is 12.3 Å². The molecule has 1 aliphatic heterocycles. The van der Waals surface area contributed by atoms with Crippen LogP contribution in [0.5, 0.6) is 0 Å². The summed E-state index contributed by atoms with van der Waals surface area (Å²) in [4.78, 5) is 2.54. The third-order valence-electron chi connectivity index (χ3n) is 3.95. The van der Waals surface area contributed by atoms with Gasteiger partial charge < -0.3 is 10.0 Å². The Balaban J connectivity index is 1.79. The number of fused-ring (bicyclic) bond motifs is 1. The van der Waals surface area contributed by atoms with Gasteiger partial charge in [0.1, 0.15) is 0 Å². The van der Waals surface area contributed by atoms with Gasteiger partial charge >= 0.3 is 0 Å². The van der Waals surface area contributed by atoms with Crippen LogP contribution in [0.1, 0.15) is 37.8 Å². The van der Waals surface area contributed by atoms with Gasteiger partial charge in [-0.1, -0.05) is 12.1 Å². The maximum Gasteiger partial charge on any atom is 0.0631 e. The van der Waals surface area contributed by atoms with Gasteiger partial charge in [0.15, 0.2) is 0 Å². The van der Waals surface area contributed by atoms with Gasteiger partial charge in [-0.05, 0) is 56.2 Å². The van der Waals surface area contributed by atoms with Crippen molar-refractivity contribution in [2.24, 2.45) is 5.92 Å². The molecule has 0 saturated heterocycles. The van der Waals surface area contributed by atoms with E-state index >= 15 is 0 Å². The summed E-state index contributed by atoms with van der Waals surface area (Å²) in [7, 11) is 0. The number of aliphatic hydroxyl groups is 1. The molecule has 1 aromatic rings. The lowest BCUT2D eigenvalue weighted by Crippen LogP contribution is -2.24. The Morgan fingerprint density at radius 3 is 2.78 bits per heavy atom. The highest BCUT2D eigenvalue weighted by Crippen LogP contribution is 2.36. The molecule has 2 heteroatoms. The van der Waals surface area contributed by atoms with Crippen LogP contribution in [-0.4, -0.2) is 23.8 Å². The van der Waals surface area contributed by atoms with Crippen LogP contribution in [0, 0.1) is 5.92 Å². The second kappa shape index (κ2) is 4.27.